The molecule has 3 rings (SSSR count). The quantitative estimate of drug-likeness (QED) is 0.890. The first kappa shape index (κ1) is 15.1. The van der Waals surface area contributed by atoms with Gasteiger partial charge in [-0.15, -0.1) is 0 Å². The maximum absolute atomic E-state index is 12.6. The van der Waals surface area contributed by atoms with Crippen molar-refractivity contribution in [2.45, 2.75) is 44.8 Å². The number of aryl methyl sites for hydroxylation is 1. The van der Waals surface area contributed by atoms with Gasteiger partial charge in [-0.1, -0.05) is 0 Å². The van der Waals surface area contributed by atoms with Gasteiger partial charge in [0.15, 0.2) is 0 Å². The first-order chi connectivity index (χ1) is 10.6. The van der Waals surface area contributed by atoms with Crippen LogP contribution in [-0.2, 0) is 20.0 Å². The Bertz CT molecular complexity index is 618. The van der Waals surface area contributed by atoms with E-state index < -0.39 is 0 Å². The lowest BCUT2D eigenvalue weighted by Crippen LogP contribution is -2.45. The van der Waals surface area contributed by atoms with Gasteiger partial charge in [0.1, 0.15) is 0 Å². The van der Waals surface area contributed by atoms with E-state index in [0.717, 1.165) is 24.8 Å². The molecule has 0 aromatic carbocycles. The SMILES string of the molecule is CC(Cc1ccsc1)NC(=O)N(Cc1cnn(C)c1)C1CC1. The van der Waals surface area contributed by atoms with E-state index in [9.17, 15) is 4.79 Å². The molecule has 1 unspecified atom stereocenters. The Balaban J connectivity index is 1.57. The monoisotopic (exact) mass is 318 g/mol. The van der Waals surface area contributed by atoms with Crippen LogP contribution in [0.5, 0.6) is 0 Å². The van der Waals surface area contributed by atoms with Gasteiger partial charge in [0, 0.05) is 30.9 Å². The second-order valence-corrected chi connectivity index (χ2v) is 6.85. The van der Waals surface area contributed by atoms with Crippen LogP contribution < -0.4 is 5.32 Å². The van der Waals surface area contributed by atoms with Crippen molar-refractivity contribution >= 4 is 17.4 Å². The predicted molar refractivity (Wildman–Crippen MR) is 87.8 cm³/mol. The molecule has 0 spiro atoms. The molecule has 0 bridgehead atoms. The van der Waals surface area contributed by atoms with Crippen molar-refractivity contribution in [3.05, 3.63) is 40.3 Å². The Labute approximate surface area is 134 Å². The molecule has 2 heterocycles. The number of rotatable bonds is 6. The maximum atomic E-state index is 12.6. The second-order valence-electron chi connectivity index (χ2n) is 6.07. The van der Waals surface area contributed by atoms with Crippen LogP contribution in [-0.4, -0.2) is 32.8 Å². The minimum atomic E-state index is 0.0362. The van der Waals surface area contributed by atoms with Crippen molar-refractivity contribution in [3.63, 3.8) is 0 Å². The number of urea groups is 1. The van der Waals surface area contributed by atoms with Gasteiger partial charge in [0.05, 0.1) is 12.7 Å². The minimum absolute atomic E-state index is 0.0362. The molecule has 6 heteroatoms. The first-order valence-electron chi connectivity index (χ1n) is 7.67. The highest BCUT2D eigenvalue weighted by atomic mass is 32.1. The molecular formula is C16H22N4OS. The standard InChI is InChI=1S/C16H22N4OS/c1-12(7-13-5-6-22-11-13)18-16(21)20(15-3-4-15)10-14-8-17-19(2)9-14/h5-6,8-9,11-12,15H,3-4,7,10H2,1-2H3,(H,18,21). The average Bonchev–Trinajstić information content (AvgIpc) is 3.02. The second kappa shape index (κ2) is 6.52. The van der Waals surface area contributed by atoms with Gasteiger partial charge in [0.2, 0.25) is 0 Å². The van der Waals surface area contributed by atoms with E-state index in [1.165, 1.54) is 5.56 Å². The maximum Gasteiger partial charge on any atom is 0.318 e. The van der Waals surface area contributed by atoms with Crippen LogP contribution in [0, 0.1) is 0 Å². The van der Waals surface area contributed by atoms with E-state index in [1.54, 1.807) is 16.0 Å². The Hall–Kier alpha value is -1.82. The van der Waals surface area contributed by atoms with E-state index in [2.05, 4.69) is 34.2 Å². The average molecular weight is 318 g/mol. The van der Waals surface area contributed by atoms with Crippen molar-refractivity contribution in [2.75, 3.05) is 0 Å². The smallest absolute Gasteiger partial charge is 0.318 e. The zero-order valence-corrected chi connectivity index (χ0v) is 13.8. The highest BCUT2D eigenvalue weighted by Crippen LogP contribution is 2.28. The van der Waals surface area contributed by atoms with Crippen LogP contribution in [0.4, 0.5) is 4.79 Å². The lowest BCUT2D eigenvalue weighted by molar-refractivity contribution is 0.188. The van der Waals surface area contributed by atoms with Crippen molar-refractivity contribution in [1.29, 1.82) is 0 Å². The molecule has 1 N–H and O–H groups in total. The fourth-order valence-electron chi connectivity index (χ4n) is 2.61. The fourth-order valence-corrected chi connectivity index (χ4v) is 3.29. The van der Waals surface area contributed by atoms with Crippen LogP contribution in [0.1, 0.15) is 30.9 Å². The number of hydrogen-bond donors (Lipinski definition) is 1. The lowest BCUT2D eigenvalue weighted by atomic mass is 10.1. The van der Waals surface area contributed by atoms with Gasteiger partial charge in [-0.3, -0.25) is 4.68 Å². The molecular weight excluding hydrogens is 296 g/mol. The molecule has 0 aliphatic heterocycles. The van der Waals surface area contributed by atoms with E-state index in [4.69, 9.17) is 0 Å². The topological polar surface area (TPSA) is 50.2 Å². The third-order valence-corrected chi connectivity index (χ3v) is 4.58. The normalized spacial score (nSPS) is 15.5. The largest absolute Gasteiger partial charge is 0.335 e. The zero-order chi connectivity index (χ0) is 15.5. The Morgan fingerprint density at radius 3 is 2.95 bits per heavy atom. The highest BCUT2D eigenvalue weighted by Gasteiger charge is 2.33. The number of carbonyl (C=O) groups excluding carboxylic acids is 1. The fraction of sp³-hybridized carbons (Fsp3) is 0.500. The minimum Gasteiger partial charge on any atom is -0.335 e. The zero-order valence-electron chi connectivity index (χ0n) is 13.0. The van der Waals surface area contributed by atoms with Gasteiger partial charge in [0.25, 0.3) is 0 Å². The Kier molecular flexibility index (Phi) is 4.47. The van der Waals surface area contributed by atoms with Gasteiger partial charge in [-0.05, 0) is 48.6 Å². The molecule has 2 aromatic rings. The van der Waals surface area contributed by atoms with E-state index >= 15 is 0 Å². The number of carbonyl (C=O) groups is 1. The molecule has 1 aliphatic rings. The third-order valence-electron chi connectivity index (χ3n) is 3.85. The van der Waals surface area contributed by atoms with Gasteiger partial charge in [-0.2, -0.15) is 16.4 Å². The molecule has 5 nitrogen and oxygen atoms in total. The van der Waals surface area contributed by atoms with E-state index in [1.807, 2.05) is 24.3 Å². The summed E-state index contributed by atoms with van der Waals surface area (Å²) >= 11 is 1.69. The first-order valence-corrected chi connectivity index (χ1v) is 8.62. The highest BCUT2D eigenvalue weighted by molar-refractivity contribution is 7.07. The summed E-state index contributed by atoms with van der Waals surface area (Å²) in [6, 6.07) is 2.67. The summed E-state index contributed by atoms with van der Waals surface area (Å²) in [6.07, 6.45) is 6.88. The van der Waals surface area contributed by atoms with E-state index in [0.29, 0.717) is 12.6 Å². The summed E-state index contributed by atoms with van der Waals surface area (Å²) < 4.78 is 1.78. The summed E-state index contributed by atoms with van der Waals surface area (Å²) in [5.74, 6) is 0. The Morgan fingerprint density at radius 2 is 2.36 bits per heavy atom. The van der Waals surface area contributed by atoms with Crippen molar-refractivity contribution in [3.8, 4) is 0 Å². The lowest BCUT2D eigenvalue weighted by Gasteiger charge is -2.24. The van der Waals surface area contributed by atoms with Crippen LogP contribution in [0.3, 0.4) is 0 Å². The molecule has 2 aromatic heterocycles. The summed E-state index contributed by atoms with van der Waals surface area (Å²) in [6.45, 7) is 2.69. The molecule has 22 heavy (non-hydrogen) atoms. The molecule has 0 saturated heterocycles. The van der Waals surface area contributed by atoms with Crippen LogP contribution >= 0.6 is 11.3 Å². The number of amides is 2. The molecule has 1 aliphatic carbocycles. The number of hydrogen-bond acceptors (Lipinski definition) is 3. The number of nitrogens with one attached hydrogen (secondary N) is 1. The molecule has 0 radical (unpaired) electrons. The molecule has 118 valence electrons. The molecule has 2 amide bonds. The van der Waals surface area contributed by atoms with Crippen LogP contribution in [0.25, 0.3) is 0 Å². The van der Waals surface area contributed by atoms with Crippen molar-refractivity contribution in [2.24, 2.45) is 7.05 Å². The van der Waals surface area contributed by atoms with Crippen molar-refractivity contribution in [1.82, 2.24) is 20.0 Å². The number of thiophene rings is 1. The predicted octanol–water partition coefficient (Wildman–Crippen LogP) is 2.79. The summed E-state index contributed by atoms with van der Waals surface area (Å²) in [4.78, 5) is 14.5. The number of aromatic nitrogens is 2. The van der Waals surface area contributed by atoms with E-state index in [-0.39, 0.29) is 12.1 Å². The van der Waals surface area contributed by atoms with Gasteiger partial charge in [-0.25, -0.2) is 4.79 Å². The summed E-state index contributed by atoms with van der Waals surface area (Å²) in [5, 5.41) is 11.5. The summed E-state index contributed by atoms with van der Waals surface area (Å²) in [5.41, 5.74) is 2.36. The summed E-state index contributed by atoms with van der Waals surface area (Å²) in [7, 11) is 1.90. The third kappa shape index (κ3) is 3.88. The molecule has 1 saturated carbocycles. The molecule has 1 fully saturated rings. The van der Waals surface area contributed by atoms with Crippen LogP contribution in [0.2, 0.25) is 0 Å². The van der Waals surface area contributed by atoms with Crippen LogP contribution in [0.15, 0.2) is 29.2 Å². The van der Waals surface area contributed by atoms with Gasteiger partial charge >= 0.3 is 6.03 Å². The Morgan fingerprint density at radius 1 is 1.55 bits per heavy atom. The van der Waals surface area contributed by atoms with Gasteiger partial charge < -0.3 is 10.2 Å². The van der Waals surface area contributed by atoms with Crippen molar-refractivity contribution < 1.29 is 4.79 Å². The number of nitrogens with zero attached hydrogens (tertiary/aromatic N) is 3. The molecule has 1 atom stereocenters.